The summed E-state index contributed by atoms with van der Waals surface area (Å²) in [6, 6.07) is 13.3. The molecule has 8 atom stereocenters. The fourth-order valence-electron chi connectivity index (χ4n) is 10.5. The summed E-state index contributed by atoms with van der Waals surface area (Å²) in [6.45, 7) is 10.5. The minimum atomic E-state index is -1.45. The molecule has 1 aromatic rings. The standard InChI is InChI=1S/C36H60OSi/c1-36(2,3)37-24-14-5-6-15-25-38(4,34-23-22-29-18-10-12-20-32(29)34)35-31(26-28-16-8-7-9-17-28)27-30-19-11-13-21-33(30)35/h7-9,16-17,29-35H,5-6,10-15,18-27H2,1-4H3. The van der Waals surface area contributed by atoms with Gasteiger partial charge in [0.1, 0.15) is 0 Å². The lowest BCUT2D eigenvalue weighted by atomic mass is 9.81. The molecule has 0 aromatic heterocycles. The van der Waals surface area contributed by atoms with Crippen molar-refractivity contribution in [2.24, 2.45) is 29.6 Å². The molecule has 1 aromatic carbocycles. The first-order chi connectivity index (χ1) is 18.4. The Morgan fingerprint density at radius 3 is 2.21 bits per heavy atom. The van der Waals surface area contributed by atoms with Crippen LogP contribution < -0.4 is 0 Å². The number of fused-ring (bicyclic) bond motifs is 2. The molecule has 0 heterocycles. The van der Waals surface area contributed by atoms with Crippen LogP contribution in [0.25, 0.3) is 0 Å². The van der Waals surface area contributed by atoms with E-state index in [4.69, 9.17) is 4.74 Å². The summed E-state index contributed by atoms with van der Waals surface area (Å²) in [5.41, 5.74) is 3.85. The Hall–Kier alpha value is -0.603. The summed E-state index contributed by atoms with van der Waals surface area (Å²) >= 11 is 0. The number of hydrogen-bond donors (Lipinski definition) is 0. The van der Waals surface area contributed by atoms with Gasteiger partial charge in [-0.25, -0.2) is 0 Å². The molecule has 0 N–H and O–H groups in total. The Kier molecular flexibility index (Phi) is 9.83. The van der Waals surface area contributed by atoms with Crippen LogP contribution in [0.3, 0.4) is 0 Å². The van der Waals surface area contributed by atoms with Gasteiger partial charge in [-0.05, 0) is 86.3 Å². The summed E-state index contributed by atoms with van der Waals surface area (Å²) in [7, 11) is -1.45. The van der Waals surface area contributed by atoms with E-state index in [1.807, 2.05) is 0 Å². The molecule has 8 unspecified atom stereocenters. The molecule has 5 rings (SSSR count). The molecule has 0 amide bonds. The average Bonchev–Trinajstić information content (AvgIpc) is 3.50. The first kappa shape index (κ1) is 28.9. The molecule has 0 saturated heterocycles. The smallest absolute Gasteiger partial charge is 0.0598 e. The van der Waals surface area contributed by atoms with Crippen molar-refractivity contribution in [1.29, 1.82) is 0 Å². The zero-order valence-corrected chi connectivity index (χ0v) is 26.6. The average molecular weight is 537 g/mol. The van der Waals surface area contributed by atoms with E-state index in [1.165, 1.54) is 57.8 Å². The van der Waals surface area contributed by atoms with Crippen molar-refractivity contribution in [2.75, 3.05) is 6.61 Å². The molecular weight excluding hydrogens is 476 g/mol. The summed E-state index contributed by atoms with van der Waals surface area (Å²) in [6.07, 6.45) is 24.0. The lowest BCUT2D eigenvalue weighted by Crippen LogP contribution is -2.48. The third-order valence-corrected chi connectivity index (χ3v) is 18.2. The number of rotatable bonds is 11. The maximum absolute atomic E-state index is 6.04. The molecule has 4 fully saturated rings. The number of hydrogen-bond acceptors (Lipinski definition) is 1. The van der Waals surface area contributed by atoms with Crippen LogP contribution in [0.4, 0.5) is 0 Å². The highest BCUT2D eigenvalue weighted by atomic mass is 28.3. The van der Waals surface area contributed by atoms with E-state index in [0.717, 1.165) is 47.3 Å². The Labute approximate surface area is 237 Å². The third-order valence-electron chi connectivity index (χ3n) is 12.0. The summed E-state index contributed by atoms with van der Waals surface area (Å²) in [4.78, 5) is 0. The lowest BCUT2D eigenvalue weighted by molar-refractivity contribution is -0.00471. The van der Waals surface area contributed by atoms with Crippen LogP contribution >= 0.6 is 0 Å². The quantitative estimate of drug-likeness (QED) is 0.202. The second-order valence-corrected chi connectivity index (χ2v) is 20.4. The molecule has 2 heteroatoms. The first-order valence-corrected chi connectivity index (χ1v) is 19.9. The van der Waals surface area contributed by atoms with E-state index in [9.17, 15) is 0 Å². The van der Waals surface area contributed by atoms with Crippen LogP contribution in [-0.4, -0.2) is 20.3 Å². The molecule has 38 heavy (non-hydrogen) atoms. The SMILES string of the molecule is CC(C)(C)OCCCCCC[Si](C)(C1CCC2CCCCC21)C1C(Cc2ccccc2)CC2CCCCC21. The van der Waals surface area contributed by atoms with Crippen molar-refractivity contribution in [3.63, 3.8) is 0 Å². The van der Waals surface area contributed by atoms with Gasteiger partial charge in [-0.15, -0.1) is 0 Å². The predicted molar refractivity (Wildman–Crippen MR) is 166 cm³/mol. The van der Waals surface area contributed by atoms with E-state index in [-0.39, 0.29) is 5.60 Å². The van der Waals surface area contributed by atoms with Gasteiger partial charge in [-0.1, -0.05) is 126 Å². The zero-order chi connectivity index (χ0) is 26.6. The van der Waals surface area contributed by atoms with Gasteiger partial charge in [0.25, 0.3) is 0 Å². The minimum Gasteiger partial charge on any atom is -0.376 e. The number of benzene rings is 1. The molecule has 0 aliphatic heterocycles. The zero-order valence-electron chi connectivity index (χ0n) is 25.6. The van der Waals surface area contributed by atoms with Crippen LogP contribution in [-0.2, 0) is 11.2 Å². The Morgan fingerprint density at radius 1 is 0.763 bits per heavy atom. The van der Waals surface area contributed by atoms with Gasteiger partial charge in [0.15, 0.2) is 0 Å². The molecule has 214 valence electrons. The third kappa shape index (κ3) is 6.81. The summed E-state index contributed by atoms with van der Waals surface area (Å²) in [5, 5.41) is 0. The van der Waals surface area contributed by atoms with Gasteiger partial charge < -0.3 is 4.74 Å². The maximum atomic E-state index is 6.04. The van der Waals surface area contributed by atoms with E-state index >= 15 is 0 Å². The molecule has 0 bridgehead atoms. The van der Waals surface area contributed by atoms with Crippen LogP contribution in [0, 0.1) is 29.6 Å². The predicted octanol–water partition coefficient (Wildman–Crippen LogP) is 10.9. The molecule has 0 spiro atoms. The number of ether oxygens (including phenoxy) is 1. The van der Waals surface area contributed by atoms with Crippen LogP contribution in [0.2, 0.25) is 23.7 Å². The molecule has 4 aliphatic rings. The van der Waals surface area contributed by atoms with Gasteiger partial charge >= 0.3 is 0 Å². The minimum absolute atomic E-state index is 0.0112. The van der Waals surface area contributed by atoms with E-state index in [2.05, 4.69) is 57.7 Å². The van der Waals surface area contributed by atoms with E-state index < -0.39 is 8.07 Å². The van der Waals surface area contributed by atoms with E-state index in [0.29, 0.717) is 0 Å². The van der Waals surface area contributed by atoms with Gasteiger partial charge in [0.2, 0.25) is 0 Å². The Bertz CT molecular complexity index is 845. The molecule has 4 aliphatic carbocycles. The fourth-order valence-corrected chi connectivity index (χ4v) is 17.7. The molecule has 0 radical (unpaired) electrons. The lowest BCUT2D eigenvalue weighted by Gasteiger charge is -2.49. The first-order valence-electron chi connectivity index (χ1n) is 17.0. The topological polar surface area (TPSA) is 9.23 Å². The molecule has 1 nitrogen and oxygen atoms in total. The highest BCUT2D eigenvalue weighted by Crippen LogP contribution is 2.65. The Balaban J connectivity index is 1.34. The van der Waals surface area contributed by atoms with Crippen molar-refractivity contribution in [2.45, 2.75) is 153 Å². The van der Waals surface area contributed by atoms with Crippen molar-refractivity contribution in [3.8, 4) is 0 Å². The largest absolute Gasteiger partial charge is 0.376 e. The summed E-state index contributed by atoms with van der Waals surface area (Å²) in [5.74, 6) is 5.27. The van der Waals surface area contributed by atoms with Crippen molar-refractivity contribution in [1.82, 2.24) is 0 Å². The van der Waals surface area contributed by atoms with Crippen LogP contribution in [0.5, 0.6) is 0 Å². The van der Waals surface area contributed by atoms with Gasteiger partial charge in [-0.2, -0.15) is 0 Å². The van der Waals surface area contributed by atoms with Crippen molar-refractivity contribution < 1.29 is 4.74 Å². The van der Waals surface area contributed by atoms with Crippen LogP contribution in [0.15, 0.2) is 30.3 Å². The molecule has 4 saturated carbocycles. The van der Waals surface area contributed by atoms with Crippen LogP contribution in [0.1, 0.15) is 123 Å². The van der Waals surface area contributed by atoms with E-state index in [1.54, 1.807) is 56.6 Å². The van der Waals surface area contributed by atoms with Crippen molar-refractivity contribution in [3.05, 3.63) is 35.9 Å². The Morgan fingerprint density at radius 2 is 1.45 bits per heavy atom. The molecular formula is C36H60OSi. The number of unbranched alkanes of at least 4 members (excludes halogenated alkanes) is 3. The summed E-state index contributed by atoms with van der Waals surface area (Å²) < 4.78 is 6.04. The van der Waals surface area contributed by atoms with Gasteiger partial charge in [0, 0.05) is 6.61 Å². The maximum Gasteiger partial charge on any atom is 0.0598 e. The van der Waals surface area contributed by atoms with Crippen molar-refractivity contribution >= 4 is 8.07 Å². The second-order valence-electron chi connectivity index (χ2n) is 15.4. The van der Waals surface area contributed by atoms with Gasteiger partial charge in [0.05, 0.1) is 13.7 Å². The normalized spacial score (nSPS) is 35.0. The highest BCUT2D eigenvalue weighted by molar-refractivity contribution is 6.81. The monoisotopic (exact) mass is 536 g/mol. The highest BCUT2D eigenvalue weighted by Gasteiger charge is 2.58. The fraction of sp³-hybridized carbons (Fsp3) is 0.833. The van der Waals surface area contributed by atoms with Gasteiger partial charge in [-0.3, -0.25) is 0 Å². The second kappa shape index (κ2) is 12.9.